The van der Waals surface area contributed by atoms with Gasteiger partial charge in [-0.15, -0.1) is 10.2 Å². The minimum absolute atomic E-state index is 0.225. The third-order valence-corrected chi connectivity index (χ3v) is 3.54. The van der Waals surface area contributed by atoms with Crippen molar-refractivity contribution in [2.75, 3.05) is 0 Å². The summed E-state index contributed by atoms with van der Waals surface area (Å²) in [4.78, 5) is 5.39. The van der Waals surface area contributed by atoms with Crippen LogP contribution in [0.25, 0.3) is 0 Å². The van der Waals surface area contributed by atoms with Crippen molar-refractivity contribution >= 4 is 11.8 Å². The van der Waals surface area contributed by atoms with E-state index in [2.05, 4.69) is 33.2 Å². The van der Waals surface area contributed by atoms with E-state index >= 15 is 0 Å². The molecule has 1 aromatic heterocycles. The van der Waals surface area contributed by atoms with Gasteiger partial charge >= 0.3 is 0 Å². The van der Waals surface area contributed by atoms with Gasteiger partial charge in [-0.3, -0.25) is 10.3 Å². The molecule has 0 unspecified atom stereocenters. The molecule has 2 rings (SSSR count). The van der Waals surface area contributed by atoms with Gasteiger partial charge in [0.15, 0.2) is 0 Å². The van der Waals surface area contributed by atoms with Crippen LogP contribution < -0.4 is 5.48 Å². The van der Waals surface area contributed by atoms with E-state index in [9.17, 15) is 0 Å². The van der Waals surface area contributed by atoms with Gasteiger partial charge in [0.05, 0.1) is 10.8 Å². The lowest BCUT2D eigenvalue weighted by Crippen LogP contribution is -2.20. The molecule has 0 amide bonds. The number of aromatic nitrogens is 3. The summed E-state index contributed by atoms with van der Waals surface area (Å²) in [7, 11) is 2.01. The molecule has 94 valence electrons. The van der Waals surface area contributed by atoms with Crippen LogP contribution in [0.2, 0.25) is 0 Å². The van der Waals surface area contributed by atoms with Crippen molar-refractivity contribution in [2.45, 2.75) is 38.5 Å². The van der Waals surface area contributed by atoms with Crippen molar-refractivity contribution in [1.82, 2.24) is 20.2 Å². The first-order valence-electron chi connectivity index (χ1n) is 5.68. The van der Waals surface area contributed by atoms with Crippen LogP contribution in [0.5, 0.6) is 0 Å². The molecule has 0 saturated heterocycles. The second kappa shape index (κ2) is 4.70. The topological polar surface area (TPSA) is 52.0 Å². The first-order chi connectivity index (χ1) is 8.02. The summed E-state index contributed by atoms with van der Waals surface area (Å²) in [6.07, 6.45) is 2.99. The number of nitrogens with one attached hydrogen (secondary N) is 1. The fraction of sp³-hybridized carbons (Fsp3) is 0.636. The van der Waals surface area contributed by atoms with E-state index < -0.39 is 0 Å². The predicted molar refractivity (Wildman–Crippen MR) is 68.1 cm³/mol. The standard InChI is InChI=1S/C11H18N4OS/c1-5-8-12-13-9(15(8)4)7-17-10-6-11(2,3)16-14-10/h6,14H,5,7H2,1-4H3. The Balaban J connectivity index is 1.97. The number of hydrogen-bond donors (Lipinski definition) is 1. The lowest BCUT2D eigenvalue weighted by molar-refractivity contribution is -0.0126. The monoisotopic (exact) mass is 254 g/mol. The van der Waals surface area contributed by atoms with E-state index in [4.69, 9.17) is 4.84 Å². The number of rotatable bonds is 4. The molecule has 1 N–H and O–H groups in total. The van der Waals surface area contributed by atoms with Gasteiger partial charge in [-0.1, -0.05) is 18.7 Å². The summed E-state index contributed by atoms with van der Waals surface area (Å²) >= 11 is 1.68. The highest BCUT2D eigenvalue weighted by Crippen LogP contribution is 2.27. The number of thioether (sulfide) groups is 1. The number of aryl methyl sites for hydroxylation is 1. The van der Waals surface area contributed by atoms with Crippen LogP contribution in [0, 0.1) is 0 Å². The maximum Gasteiger partial charge on any atom is 0.143 e. The molecule has 17 heavy (non-hydrogen) atoms. The van der Waals surface area contributed by atoms with Crippen molar-refractivity contribution in [1.29, 1.82) is 0 Å². The molecule has 1 aliphatic rings. The number of hydrogen-bond acceptors (Lipinski definition) is 5. The third-order valence-electron chi connectivity index (χ3n) is 2.62. The summed E-state index contributed by atoms with van der Waals surface area (Å²) < 4.78 is 2.05. The van der Waals surface area contributed by atoms with Crippen LogP contribution in [0.4, 0.5) is 0 Å². The predicted octanol–water partition coefficient (Wildman–Crippen LogP) is 1.77. The quantitative estimate of drug-likeness (QED) is 0.887. The molecule has 1 aliphatic heterocycles. The Kier molecular flexibility index (Phi) is 3.44. The van der Waals surface area contributed by atoms with Gasteiger partial charge in [0.1, 0.15) is 17.2 Å². The number of nitrogens with zero attached hydrogens (tertiary/aromatic N) is 3. The minimum atomic E-state index is -0.225. The molecule has 0 bridgehead atoms. The second-order valence-corrected chi connectivity index (χ2v) is 5.57. The van der Waals surface area contributed by atoms with Crippen LogP contribution in [-0.4, -0.2) is 20.4 Å². The first kappa shape index (κ1) is 12.4. The fourth-order valence-electron chi connectivity index (χ4n) is 1.60. The zero-order chi connectivity index (χ0) is 12.5. The Morgan fingerprint density at radius 1 is 1.41 bits per heavy atom. The summed E-state index contributed by atoms with van der Waals surface area (Å²) in [6.45, 7) is 6.12. The Hall–Kier alpha value is -1.01. The Labute approximate surface area is 106 Å². The SMILES string of the molecule is CCc1nnc(CSC2=CC(C)(C)ON2)n1C. The third kappa shape index (κ3) is 2.81. The molecule has 1 aromatic rings. The highest BCUT2D eigenvalue weighted by Gasteiger charge is 2.24. The molecular formula is C11H18N4OS. The normalized spacial score (nSPS) is 18.0. The van der Waals surface area contributed by atoms with Gasteiger partial charge in [0.2, 0.25) is 0 Å². The van der Waals surface area contributed by atoms with E-state index in [0.717, 1.165) is 28.9 Å². The molecule has 5 nitrogen and oxygen atoms in total. The Morgan fingerprint density at radius 2 is 2.12 bits per heavy atom. The van der Waals surface area contributed by atoms with Crippen LogP contribution in [0.1, 0.15) is 32.4 Å². The molecule has 0 aliphatic carbocycles. The van der Waals surface area contributed by atoms with Crippen LogP contribution in [0.15, 0.2) is 11.1 Å². The van der Waals surface area contributed by atoms with Crippen molar-refractivity contribution in [3.8, 4) is 0 Å². The highest BCUT2D eigenvalue weighted by molar-refractivity contribution is 8.02. The molecule has 0 saturated carbocycles. The summed E-state index contributed by atoms with van der Waals surface area (Å²) in [6, 6.07) is 0. The van der Waals surface area contributed by atoms with Crippen LogP contribution in [0.3, 0.4) is 0 Å². The molecule has 0 radical (unpaired) electrons. The minimum Gasteiger partial charge on any atom is -0.317 e. The summed E-state index contributed by atoms with van der Waals surface area (Å²) in [5.74, 6) is 2.80. The number of hydroxylamine groups is 1. The van der Waals surface area contributed by atoms with E-state index in [1.54, 1.807) is 11.8 Å². The maximum absolute atomic E-state index is 5.39. The molecule has 0 spiro atoms. The molecule has 0 fully saturated rings. The molecule has 2 heterocycles. The van der Waals surface area contributed by atoms with Gasteiger partial charge in [0, 0.05) is 13.5 Å². The van der Waals surface area contributed by atoms with Gasteiger partial charge < -0.3 is 4.57 Å². The Morgan fingerprint density at radius 3 is 2.65 bits per heavy atom. The van der Waals surface area contributed by atoms with E-state index in [1.165, 1.54) is 0 Å². The van der Waals surface area contributed by atoms with Crippen molar-refractivity contribution in [2.24, 2.45) is 7.05 Å². The smallest absolute Gasteiger partial charge is 0.143 e. The average molecular weight is 254 g/mol. The lowest BCUT2D eigenvalue weighted by atomic mass is 10.1. The maximum atomic E-state index is 5.39. The van der Waals surface area contributed by atoms with Gasteiger partial charge in [-0.05, 0) is 19.9 Å². The van der Waals surface area contributed by atoms with E-state index in [-0.39, 0.29) is 5.60 Å². The van der Waals surface area contributed by atoms with E-state index in [1.807, 2.05) is 20.9 Å². The van der Waals surface area contributed by atoms with Gasteiger partial charge in [0.25, 0.3) is 0 Å². The average Bonchev–Trinajstić information content (AvgIpc) is 2.79. The van der Waals surface area contributed by atoms with Gasteiger partial charge in [-0.25, -0.2) is 0 Å². The molecule has 0 atom stereocenters. The molecule has 0 aromatic carbocycles. The van der Waals surface area contributed by atoms with Crippen molar-refractivity contribution < 1.29 is 4.84 Å². The summed E-state index contributed by atoms with van der Waals surface area (Å²) in [5, 5.41) is 9.35. The molecule has 6 heteroatoms. The summed E-state index contributed by atoms with van der Waals surface area (Å²) in [5.41, 5.74) is 2.70. The molecular weight excluding hydrogens is 236 g/mol. The Bertz CT molecular complexity index is 439. The zero-order valence-corrected chi connectivity index (χ0v) is 11.5. The first-order valence-corrected chi connectivity index (χ1v) is 6.67. The zero-order valence-electron chi connectivity index (χ0n) is 10.6. The van der Waals surface area contributed by atoms with Crippen molar-refractivity contribution in [3.05, 3.63) is 22.8 Å². The second-order valence-electron chi connectivity index (χ2n) is 4.55. The largest absolute Gasteiger partial charge is 0.317 e. The van der Waals surface area contributed by atoms with Crippen LogP contribution in [-0.2, 0) is 24.1 Å². The highest BCUT2D eigenvalue weighted by atomic mass is 32.2. The fourth-order valence-corrected chi connectivity index (χ4v) is 2.61. The van der Waals surface area contributed by atoms with E-state index in [0.29, 0.717) is 0 Å². The lowest BCUT2D eigenvalue weighted by Gasteiger charge is -2.11. The van der Waals surface area contributed by atoms with Gasteiger partial charge in [-0.2, -0.15) is 0 Å². The van der Waals surface area contributed by atoms with Crippen LogP contribution >= 0.6 is 11.8 Å². The van der Waals surface area contributed by atoms with Crippen molar-refractivity contribution in [3.63, 3.8) is 0 Å².